The van der Waals surface area contributed by atoms with Crippen molar-refractivity contribution in [1.29, 1.82) is 0 Å². The van der Waals surface area contributed by atoms with Crippen LogP contribution in [0.5, 0.6) is 0 Å². The molecule has 2 aliphatic heterocycles. The van der Waals surface area contributed by atoms with Gasteiger partial charge in [0.15, 0.2) is 0 Å². The van der Waals surface area contributed by atoms with Crippen LogP contribution in [0.4, 0.5) is 5.69 Å². The molecule has 0 unspecified atom stereocenters. The summed E-state index contributed by atoms with van der Waals surface area (Å²) in [6.07, 6.45) is 3.98. The number of carbonyl (C=O) groups is 1. The van der Waals surface area contributed by atoms with E-state index < -0.39 is 0 Å². The lowest BCUT2D eigenvalue weighted by Crippen LogP contribution is -2.36. The van der Waals surface area contributed by atoms with Crippen LogP contribution in [0.15, 0.2) is 79.0 Å². The number of nitrogens with zero attached hydrogens (tertiary/aromatic N) is 2. The molecule has 5 rings (SSSR count). The van der Waals surface area contributed by atoms with E-state index in [1.165, 1.54) is 11.3 Å². The minimum atomic E-state index is -0.156. The maximum absolute atomic E-state index is 13.5. The van der Waals surface area contributed by atoms with E-state index in [4.69, 9.17) is 0 Å². The molecule has 2 heterocycles. The van der Waals surface area contributed by atoms with Crippen molar-refractivity contribution in [2.75, 3.05) is 11.9 Å². The first-order valence-corrected chi connectivity index (χ1v) is 10.9. The zero-order valence-corrected chi connectivity index (χ0v) is 18.5. The number of rotatable bonds is 2. The van der Waals surface area contributed by atoms with E-state index in [0.717, 1.165) is 16.7 Å². The van der Waals surface area contributed by atoms with Gasteiger partial charge in [0.2, 0.25) is 0 Å². The van der Waals surface area contributed by atoms with E-state index in [-0.39, 0.29) is 17.4 Å². The van der Waals surface area contributed by atoms with E-state index >= 15 is 0 Å². The summed E-state index contributed by atoms with van der Waals surface area (Å²) < 4.78 is 0. The fourth-order valence-corrected chi connectivity index (χ4v) is 5.03. The van der Waals surface area contributed by atoms with Crippen LogP contribution in [0.2, 0.25) is 0 Å². The molecule has 0 N–H and O–H groups in total. The van der Waals surface area contributed by atoms with Crippen LogP contribution in [0.3, 0.4) is 0 Å². The second kappa shape index (κ2) is 7.12. The third-order valence-corrected chi connectivity index (χ3v) is 7.27. The van der Waals surface area contributed by atoms with Gasteiger partial charge in [-0.3, -0.25) is 4.79 Å². The Kier molecular flexibility index (Phi) is 4.51. The maximum atomic E-state index is 13.5. The molecule has 0 radical (unpaired) electrons. The highest BCUT2D eigenvalue weighted by Gasteiger charge is 2.41. The predicted octanol–water partition coefficient (Wildman–Crippen LogP) is 6.02. The minimum absolute atomic E-state index is 0.0154. The average molecular weight is 409 g/mol. The fraction of sp³-hybridized carbons (Fsp3) is 0.250. The lowest BCUT2D eigenvalue weighted by molar-refractivity contribution is 0.0787. The summed E-state index contributed by atoms with van der Waals surface area (Å²) in [6.45, 7) is 6.90. The zero-order valence-electron chi connectivity index (χ0n) is 18.5. The molecule has 0 bridgehead atoms. The Balaban J connectivity index is 1.66. The van der Waals surface area contributed by atoms with Crippen molar-refractivity contribution < 1.29 is 4.79 Å². The molecule has 31 heavy (non-hydrogen) atoms. The topological polar surface area (TPSA) is 23.6 Å². The highest BCUT2D eigenvalue weighted by atomic mass is 16.2. The van der Waals surface area contributed by atoms with Gasteiger partial charge in [-0.25, -0.2) is 0 Å². The molecule has 3 heteroatoms. The second-order valence-corrected chi connectivity index (χ2v) is 9.21. The molecule has 2 aliphatic rings. The summed E-state index contributed by atoms with van der Waals surface area (Å²) in [6, 6.07) is 24.9. The SMILES string of the molecule is C[C@H]1N(C)c2ccc([C@H]3c4ccccc4C=CN3C(=O)c3ccccc3)cc2C1(C)C. The van der Waals surface area contributed by atoms with Gasteiger partial charge in [0.1, 0.15) is 0 Å². The molecule has 0 aromatic heterocycles. The van der Waals surface area contributed by atoms with Gasteiger partial charge in [-0.15, -0.1) is 0 Å². The van der Waals surface area contributed by atoms with Gasteiger partial charge in [-0.05, 0) is 53.5 Å². The van der Waals surface area contributed by atoms with Crippen LogP contribution < -0.4 is 4.90 Å². The van der Waals surface area contributed by atoms with Crippen molar-refractivity contribution in [2.45, 2.75) is 38.3 Å². The van der Waals surface area contributed by atoms with Gasteiger partial charge >= 0.3 is 0 Å². The van der Waals surface area contributed by atoms with Crippen molar-refractivity contribution in [3.63, 3.8) is 0 Å². The summed E-state index contributed by atoms with van der Waals surface area (Å²) in [5, 5.41) is 0. The molecule has 0 saturated heterocycles. The summed E-state index contributed by atoms with van der Waals surface area (Å²) >= 11 is 0. The van der Waals surface area contributed by atoms with E-state index in [9.17, 15) is 4.79 Å². The van der Waals surface area contributed by atoms with Gasteiger partial charge in [-0.1, -0.05) is 68.4 Å². The quantitative estimate of drug-likeness (QED) is 0.518. The molecular weight excluding hydrogens is 380 g/mol. The molecule has 0 aliphatic carbocycles. The average Bonchev–Trinajstić information content (AvgIpc) is 2.98. The summed E-state index contributed by atoms with van der Waals surface area (Å²) in [5.74, 6) is 0.0154. The number of benzene rings is 3. The number of carbonyl (C=O) groups excluding carboxylic acids is 1. The van der Waals surface area contributed by atoms with Gasteiger partial charge in [0, 0.05) is 36.0 Å². The first kappa shape index (κ1) is 19.6. The van der Waals surface area contributed by atoms with Crippen molar-refractivity contribution in [2.24, 2.45) is 0 Å². The fourth-order valence-electron chi connectivity index (χ4n) is 5.03. The van der Waals surface area contributed by atoms with Crippen LogP contribution in [-0.4, -0.2) is 23.9 Å². The van der Waals surface area contributed by atoms with Gasteiger partial charge in [-0.2, -0.15) is 0 Å². The Morgan fingerprint density at radius 1 is 0.935 bits per heavy atom. The van der Waals surface area contributed by atoms with E-state index in [2.05, 4.69) is 75.2 Å². The molecule has 3 aromatic rings. The largest absolute Gasteiger partial charge is 0.371 e. The molecular formula is C28H28N2O. The van der Waals surface area contributed by atoms with Crippen LogP contribution in [0.1, 0.15) is 59.4 Å². The number of hydrogen-bond donors (Lipinski definition) is 0. The number of fused-ring (bicyclic) bond motifs is 2. The van der Waals surface area contributed by atoms with E-state index in [1.807, 2.05) is 47.5 Å². The number of anilines is 1. The molecule has 2 atom stereocenters. The van der Waals surface area contributed by atoms with Crippen molar-refractivity contribution in [1.82, 2.24) is 4.90 Å². The van der Waals surface area contributed by atoms with Gasteiger partial charge in [0.25, 0.3) is 5.91 Å². The number of hydrogen-bond acceptors (Lipinski definition) is 2. The Labute approximate surface area is 184 Å². The Morgan fingerprint density at radius 2 is 1.65 bits per heavy atom. The highest BCUT2D eigenvalue weighted by Crippen LogP contribution is 2.46. The summed E-state index contributed by atoms with van der Waals surface area (Å²) in [4.78, 5) is 17.8. The molecule has 3 aromatic carbocycles. The smallest absolute Gasteiger partial charge is 0.258 e. The van der Waals surface area contributed by atoms with Crippen LogP contribution in [0.25, 0.3) is 6.08 Å². The van der Waals surface area contributed by atoms with Crippen LogP contribution in [-0.2, 0) is 5.41 Å². The summed E-state index contributed by atoms with van der Waals surface area (Å²) in [7, 11) is 2.17. The second-order valence-electron chi connectivity index (χ2n) is 9.21. The van der Waals surface area contributed by atoms with Crippen molar-refractivity contribution in [3.05, 3.63) is 107 Å². The normalized spacial score (nSPS) is 21.0. The molecule has 3 nitrogen and oxygen atoms in total. The number of likely N-dealkylation sites (N-methyl/N-ethyl adjacent to an activating group) is 1. The van der Waals surface area contributed by atoms with Gasteiger partial charge in [0.05, 0.1) is 6.04 Å². The lowest BCUT2D eigenvalue weighted by Gasteiger charge is -2.34. The lowest BCUT2D eigenvalue weighted by atomic mass is 9.79. The minimum Gasteiger partial charge on any atom is -0.371 e. The number of amides is 1. The Morgan fingerprint density at radius 3 is 2.42 bits per heavy atom. The monoisotopic (exact) mass is 408 g/mol. The van der Waals surface area contributed by atoms with Crippen molar-refractivity contribution in [3.8, 4) is 0 Å². The molecule has 0 spiro atoms. The van der Waals surface area contributed by atoms with E-state index in [1.54, 1.807) is 0 Å². The molecule has 0 fully saturated rings. The zero-order chi connectivity index (χ0) is 21.8. The first-order chi connectivity index (χ1) is 14.9. The standard InChI is InChI=1S/C28H28N2O/c1-19-28(2,3)24-18-22(14-15-25(24)29(19)4)26-23-13-9-8-10-20(23)16-17-30(26)27(31)21-11-6-5-7-12-21/h5-19,26H,1-4H3/t19-,26+/m1/s1. The highest BCUT2D eigenvalue weighted by molar-refractivity contribution is 5.96. The maximum Gasteiger partial charge on any atom is 0.258 e. The molecule has 1 amide bonds. The van der Waals surface area contributed by atoms with E-state index in [0.29, 0.717) is 11.6 Å². The molecule has 156 valence electrons. The third kappa shape index (κ3) is 2.99. The van der Waals surface area contributed by atoms with Gasteiger partial charge < -0.3 is 9.80 Å². The van der Waals surface area contributed by atoms with Crippen LogP contribution in [0, 0.1) is 0 Å². The third-order valence-electron chi connectivity index (χ3n) is 7.27. The van der Waals surface area contributed by atoms with Crippen LogP contribution >= 0.6 is 0 Å². The predicted molar refractivity (Wildman–Crippen MR) is 127 cm³/mol. The molecule has 0 saturated carbocycles. The first-order valence-electron chi connectivity index (χ1n) is 10.9. The Bertz CT molecular complexity index is 1180. The van der Waals surface area contributed by atoms with Crippen molar-refractivity contribution >= 4 is 17.7 Å². The Hall–Kier alpha value is -3.33. The summed E-state index contributed by atoms with van der Waals surface area (Å²) in [5.41, 5.74) is 6.84.